The van der Waals surface area contributed by atoms with E-state index in [1.807, 2.05) is 15.7 Å². The highest BCUT2D eigenvalue weighted by Gasteiger charge is 2.37. The zero-order valence-corrected chi connectivity index (χ0v) is 13.1. The molecular weight excluding hydrogens is 280 g/mol. The van der Waals surface area contributed by atoms with Crippen LogP contribution >= 0.6 is 0 Å². The van der Waals surface area contributed by atoms with Gasteiger partial charge in [-0.05, 0) is 32.4 Å². The molecule has 0 bridgehead atoms. The molecule has 1 N–H and O–H groups in total. The number of carbonyl (C=O) groups excluding carboxylic acids is 1. The number of nitrogens with zero attached hydrogens (tertiary/aromatic N) is 4. The van der Waals surface area contributed by atoms with Gasteiger partial charge in [0.05, 0.1) is 18.5 Å². The minimum Gasteiger partial charge on any atom is -0.390 e. The van der Waals surface area contributed by atoms with E-state index in [0.717, 1.165) is 26.1 Å². The lowest BCUT2D eigenvalue weighted by Gasteiger charge is -2.33. The normalized spacial score (nSPS) is 26.5. The maximum Gasteiger partial charge on any atom is 0.222 e. The molecule has 2 fully saturated rings. The van der Waals surface area contributed by atoms with Crippen molar-refractivity contribution in [1.82, 2.24) is 19.4 Å². The van der Waals surface area contributed by atoms with Gasteiger partial charge >= 0.3 is 0 Å². The lowest BCUT2D eigenvalue weighted by Crippen LogP contribution is -2.46. The van der Waals surface area contributed by atoms with Gasteiger partial charge in [-0.2, -0.15) is 0 Å². The van der Waals surface area contributed by atoms with Crippen molar-refractivity contribution in [1.29, 1.82) is 0 Å². The molecule has 2 aliphatic heterocycles. The molecule has 2 saturated heterocycles. The minimum absolute atomic E-state index is 0.137. The first-order valence-electron chi connectivity index (χ1n) is 8.39. The molecule has 2 atom stereocenters. The van der Waals surface area contributed by atoms with Crippen molar-refractivity contribution < 1.29 is 9.90 Å². The van der Waals surface area contributed by atoms with Crippen molar-refractivity contribution in [2.75, 3.05) is 26.2 Å². The number of hydrogen-bond donors (Lipinski definition) is 1. The van der Waals surface area contributed by atoms with E-state index in [9.17, 15) is 9.90 Å². The Morgan fingerprint density at radius 2 is 2.05 bits per heavy atom. The van der Waals surface area contributed by atoms with Crippen LogP contribution in [0.15, 0.2) is 18.7 Å². The second-order valence-electron chi connectivity index (χ2n) is 6.43. The second-order valence-corrected chi connectivity index (χ2v) is 6.43. The van der Waals surface area contributed by atoms with Crippen molar-refractivity contribution in [3.63, 3.8) is 0 Å². The number of amides is 1. The Morgan fingerprint density at radius 1 is 1.23 bits per heavy atom. The Bertz CT molecular complexity index is 471. The summed E-state index contributed by atoms with van der Waals surface area (Å²) in [6.07, 6.45) is 10.1. The Balaban J connectivity index is 1.45. The highest BCUT2D eigenvalue weighted by Crippen LogP contribution is 2.21. The Kier molecular flexibility index (Phi) is 5.10. The number of aliphatic hydroxyl groups excluding tert-OH is 1. The number of imidazole rings is 1. The van der Waals surface area contributed by atoms with Crippen LogP contribution in [0.25, 0.3) is 0 Å². The van der Waals surface area contributed by atoms with E-state index in [1.165, 1.54) is 19.3 Å². The maximum atomic E-state index is 12.3. The van der Waals surface area contributed by atoms with Gasteiger partial charge in [0.1, 0.15) is 0 Å². The Labute approximate surface area is 131 Å². The Morgan fingerprint density at radius 3 is 2.77 bits per heavy atom. The third-order valence-corrected chi connectivity index (χ3v) is 4.84. The van der Waals surface area contributed by atoms with Crippen LogP contribution in [-0.4, -0.2) is 68.7 Å². The fraction of sp³-hybridized carbons (Fsp3) is 0.750. The van der Waals surface area contributed by atoms with Gasteiger partial charge in [-0.25, -0.2) is 4.98 Å². The summed E-state index contributed by atoms with van der Waals surface area (Å²) in [5.41, 5.74) is 0. The molecule has 0 aliphatic carbocycles. The monoisotopic (exact) mass is 306 g/mol. The first-order valence-corrected chi connectivity index (χ1v) is 8.39. The number of β-amino-alcohol motifs (C(OH)–C–C–N with tert-alkyl or cyclic N) is 1. The van der Waals surface area contributed by atoms with Gasteiger partial charge in [0.25, 0.3) is 0 Å². The standard InChI is InChI=1S/C16H26N4O2/c21-15-12-20(11-14(15)19-8-2-1-3-9-19)16(22)5-4-7-18-10-6-17-13-18/h6,10,13-15,21H,1-5,7-9,11-12H2. The second kappa shape index (κ2) is 7.24. The van der Waals surface area contributed by atoms with Gasteiger partial charge in [0.15, 0.2) is 0 Å². The van der Waals surface area contributed by atoms with E-state index >= 15 is 0 Å². The van der Waals surface area contributed by atoms with Crippen LogP contribution in [0.1, 0.15) is 32.1 Å². The van der Waals surface area contributed by atoms with E-state index in [0.29, 0.717) is 19.5 Å². The molecule has 6 nitrogen and oxygen atoms in total. The van der Waals surface area contributed by atoms with Gasteiger partial charge in [-0.3, -0.25) is 9.69 Å². The number of hydrogen-bond acceptors (Lipinski definition) is 4. The highest BCUT2D eigenvalue weighted by atomic mass is 16.3. The lowest BCUT2D eigenvalue weighted by atomic mass is 10.1. The van der Waals surface area contributed by atoms with E-state index in [2.05, 4.69) is 9.88 Å². The average molecular weight is 306 g/mol. The SMILES string of the molecule is O=C(CCCn1ccnc1)N1CC(O)C(N2CCCCC2)C1. The Hall–Kier alpha value is -1.40. The summed E-state index contributed by atoms with van der Waals surface area (Å²) in [7, 11) is 0. The summed E-state index contributed by atoms with van der Waals surface area (Å²) in [6.45, 7) is 4.11. The predicted molar refractivity (Wildman–Crippen MR) is 83.3 cm³/mol. The van der Waals surface area contributed by atoms with Crippen LogP contribution in [0.5, 0.6) is 0 Å². The average Bonchev–Trinajstić information content (AvgIpc) is 3.17. The summed E-state index contributed by atoms with van der Waals surface area (Å²) in [5.74, 6) is 0.165. The first-order chi connectivity index (χ1) is 10.7. The summed E-state index contributed by atoms with van der Waals surface area (Å²) < 4.78 is 1.99. The molecule has 0 saturated carbocycles. The number of likely N-dealkylation sites (tertiary alicyclic amines) is 2. The molecule has 2 unspecified atom stereocenters. The zero-order chi connectivity index (χ0) is 15.4. The van der Waals surface area contributed by atoms with Crippen molar-refractivity contribution in [3.8, 4) is 0 Å². The van der Waals surface area contributed by atoms with Crippen molar-refractivity contribution in [2.24, 2.45) is 0 Å². The number of aromatic nitrogens is 2. The number of piperidine rings is 1. The van der Waals surface area contributed by atoms with Crippen LogP contribution < -0.4 is 0 Å². The van der Waals surface area contributed by atoms with Crippen LogP contribution in [-0.2, 0) is 11.3 Å². The first kappa shape index (κ1) is 15.5. The zero-order valence-electron chi connectivity index (χ0n) is 13.1. The molecule has 122 valence electrons. The molecule has 3 heterocycles. The molecule has 3 rings (SSSR count). The lowest BCUT2D eigenvalue weighted by molar-refractivity contribution is -0.130. The fourth-order valence-corrected chi connectivity index (χ4v) is 3.57. The van der Waals surface area contributed by atoms with Crippen LogP contribution in [0.3, 0.4) is 0 Å². The molecule has 22 heavy (non-hydrogen) atoms. The quantitative estimate of drug-likeness (QED) is 0.871. The predicted octanol–water partition coefficient (Wildman–Crippen LogP) is 0.721. The number of carbonyl (C=O) groups is 1. The summed E-state index contributed by atoms with van der Waals surface area (Å²) in [6, 6.07) is 0.137. The number of aliphatic hydroxyl groups is 1. The smallest absolute Gasteiger partial charge is 0.222 e. The molecular formula is C16H26N4O2. The van der Waals surface area contributed by atoms with Crippen molar-refractivity contribution >= 4 is 5.91 Å². The molecule has 0 spiro atoms. The van der Waals surface area contributed by atoms with E-state index in [-0.39, 0.29) is 11.9 Å². The largest absolute Gasteiger partial charge is 0.390 e. The van der Waals surface area contributed by atoms with Gasteiger partial charge in [0, 0.05) is 38.4 Å². The van der Waals surface area contributed by atoms with Crippen molar-refractivity contribution in [2.45, 2.75) is 50.8 Å². The third-order valence-electron chi connectivity index (χ3n) is 4.84. The van der Waals surface area contributed by atoms with Gasteiger partial charge in [-0.1, -0.05) is 6.42 Å². The van der Waals surface area contributed by atoms with Gasteiger partial charge < -0.3 is 14.6 Å². The van der Waals surface area contributed by atoms with Gasteiger partial charge in [0.2, 0.25) is 5.91 Å². The third kappa shape index (κ3) is 3.67. The van der Waals surface area contributed by atoms with Gasteiger partial charge in [-0.15, -0.1) is 0 Å². The van der Waals surface area contributed by atoms with Crippen LogP contribution in [0.2, 0.25) is 0 Å². The fourth-order valence-electron chi connectivity index (χ4n) is 3.57. The van der Waals surface area contributed by atoms with Crippen LogP contribution in [0, 0.1) is 0 Å². The molecule has 1 aromatic heterocycles. The van der Waals surface area contributed by atoms with E-state index in [1.54, 1.807) is 12.5 Å². The summed E-state index contributed by atoms with van der Waals surface area (Å²) in [4.78, 5) is 20.5. The molecule has 6 heteroatoms. The summed E-state index contributed by atoms with van der Waals surface area (Å²) in [5, 5.41) is 10.3. The van der Waals surface area contributed by atoms with E-state index < -0.39 is 6.10 Å². The molecule has 1 amide bonds. The van der Waals surface area contributed by atoms with E-state index in [4.69, 9.17) is 0 Å². The molecule has 2 aliphatic rings. The topological polar surface area (TPSA) is 61.6 Å². The molecule has 1 aromatic rings. The maximum absolute atomic E-state index is 12.3. The molecule has 0 radical (unpaired) electrons. The highest BCUT2D eigenvalue weighted by molar-refractivity contribution is 5.76. The molecule has 0 aromatic carbocycles. The van der Waals surface area contributed by atoms with Crippen molar-refractivity contribution in [3.05, 3.63) is 18.7 Å². The number of rotatable bonds is 5. The van der Waals surface area contributed by atoms with Crippen LogP contribution in [0.4, 0.5) is 0 Å². The minimum atomic E-state index is -0.393. The summed E-state index contributed by atoms with van der Waals surface area (Å²) >= 11 is 0. The number of aryl methyl sites for hydroxylation is 1.